The second-order valence-electron chi connectivity index (χ2n) is 5.21. The Balaban J connectivity index is 2.34. The van der Waals surface area contributed by atoms with Gasteiger partial charge in [-0.3, -0.25) is 4.79 Å². The number of aryl methyl sites for hydroxylation is 1. The number of ether oxygens (including phenoxy) is 1. The standard InChI is InChI=1S/C19H13BrClN3O2/c1-12-2-4-16(21)10-17(12)24-19(25)14(11-23)8-13-9-15(20)3-5-18(13)26-7-6-22/h2-5,8-10H,7H2,1H3,(H,24,25)/b14-8+. The number of benzene rings is 2. The van der Waals surface area contributed by atoms with E-state index in [1.807, 2.05) is 19.1 Å². The van der Waals surface area contributed by atoms with Gasteiger partial charge in [0.2, 0.25) is 0 Å². The molecule has 0 spiro atoms. The number of nitrogens with one attached hydrogen (secondary N) is 1. The van der Waals surface area contributed by atoms with E-state index in [2.05, 4.69) is 21.2 Å². The van der Waals surface area contributed by atoms with Crippen LogP contribution in [0.2, 0.25) is 5.02 Å². The first kappa shape index (κ1) is 19.5. The lowest BCUT2D eigenvalue weighted by molar-refractivity contribution is -0.112. The van der Waals surface area contributed by atoms with E-state index in [1.165, 1.54) is 6.08 Å². The number of nitrogens with zero attached hydrogens (tertiary/aromatic N) is 2. The van der Waals surface area contributed by atoms with Gasteiger partial charge in [-0.05, 0) is 48.9 Å². The van der Waals surface area contributed by atoms with Gasteiger partial charge in [0, 0.05) is 20.7 Å². The van der Waals surface area contributed by atoms with Crippen molar-refractivity contribution in [3.63, 3.8) is 0 Å². The molecule has 0 saturated carbocycles. The van der Waals surface area contributed by atoms with Crippen LogP contribution in [0.5, 0.6) is 5.75 Å². The topological polar surface area (TPSA) is 85.9 Å². The molecule has 0 aliphatic rings. The van der Waals surface area contributed by atoms with E-state index < -0.39 is 5.91 Å². The molecule has 26 heavy (non-hydrogen) atoms. The highest BCUT2D eigenvalue weighted by atomic mass is 79.9. The summed E-state index contributed by atoms with van der Waals surface area (Å²) in [6.07, 6.45) is 1.41. The summed E-state index contributed by atoms with van der Waals surface area (Å²) in [5.74, 6) is -0.168. The van der Waals surface area contributed by atoms with E-state index in [4.69, 9.17) is 21.6 Å². The van der Waals surface area contributed by atoms with Crippen LogP contribution in [-0.4, -0.2) is 12.5 Å². The van der Waals surface area contributed by atoms with Crippen molar-refractivity contribution < 1.29 is 9.53 Å². The lowest BCUT2D eigenvalue weighted by Crippen LogP contribution is -2.14. The van der Waals surface area contributed by atoms with Crippen LogP contribution in [0.4, 0.5) is 5.69 Å². The minimum absolute atomic E-state index is 0.107. The zero-order valence-electron chi connectivity index (χ0n) is 13.7. The quantitative estimate of drug-likeness (QED) is 0.542. The minimum Gasteiger partial charge on any atom is -0.478 e. The van der Waals surface area contributed by atoms with Gasteiger partial charge in [0.1, 0.15) is 23.5 Å². The van der Waals surface area contributed by atoms with Gasteiger partial charge in [0.25, 0.3) is 5.91 Å². The summed E-state index contributed by atoms with van der Waals surface area (Å²) in [4.78, 5) is 12.5. The number of halogens is 2. The molecule has 0 fully saturated rings. The van der Waals surface area contributed by atoms with Gasteiger partial charge in [-0.2, -0.15) is 10.5 Å². The highest BCUT2D eigenvalue weighted by molar-refractivity contribution is 9.10. The van der Waals surface area contributed by atoms with Gasteiger partial charge in [-0.25, -0.2) is 0 Å². The van der Waals surface area contributed by atoms with Crippen molar-refractivity contribution in [1.82, 2.24) is 0 Å². The highest BCUT2D eigenvalue weighted by Gasteiger charge is 2.13. The van der Waals surface area contributed by atoms with E-state index in [0.29, 0.717) is 22.0 Å². The van der Waals surface area contributed by atoms with Crippen molar-refractivity contribution in [3.8, 4) is 17.9 Å². The molecule has 0 aliphatic heterocycles. The van der Waals surface area contributed by atoms with Crippen molar-refractivity contribution in [2.45, 2.75) is 6.92 Å². The van der Waals surface area contributed by atoms with Crippen LogP contribution in [0.25, 0.3) is 6.08 Å². The van der Waals surface area contributed by atoms with Crippen LogP contribution in [0, 0.1) is 29.6 Å². The smallest absolute Gasteiger partial charge is 0.266 e. The SMILES string of the molecule is Cc1ccc(Cl)cc1NC(=O)/C(C#N)=C/c1cc(Br)ccc1OCC#N. The summed E-state index contributed by atoms with van der Waals surface area (Å²) >= 11 is 9.29. The third-order valence-electron chi connectivity index (χ3n) is 3.38. The number of rotatable bonds is 5. The molecular formula is C19H13BrClN3O2. The van der Waals surface area contributed by atoms with Crippen molar-refractivity contribution in [3.05, 3.63) is 62.6 Å². The fourth-order valence-corrected chi connectivity index (χ4v) is 2.65. The largest absolute Gasteiger partial charge is 0.478 e. The third-order valence-corrected chi connectivity index (χ3v) is 4.11. The van der Waals surface area contributed by atoms with Crippen molar-refractivity contribution in [2.24, 2.45) is 0 Å². The van der Waals surface area contributed by atoms with Crippen LogP contribution < -0.4 is 10.1 Å². The lowest BCUT2D eigenvalue weighted by atomic mass is 10.1. The number of amides is 1. The van der Waals surface area contributed by atoms with Gasteiger partial charge in [-0.15, -0.1) is 0 Å². The van der Waals surface area contributed by atoms with Crippen molar-refractivity contribution in [1.29, 1.82) is 10.5 Å². The Morgan fingerprint density at radius 2 is 2.08 bits per heavy atom. The summed E-state index contributed by atoms with van der Waals surface area (Å²) in [5, 5.41) is 21.2. The molecule has 2 rings (SSSR count). The molecule has 0 atom stereocenters. The first-order valence-electron chi connectivity index (χ1n) is 7.43. The van der Waals surface area contributed by atoms with E-state index in [0.717, 1.165) is 10.0 Å². The number of carbonyl (C=O) groups excluding carboxylic acids is 1. The number of hydrogen-bond acceptors (Lipinski definition) is 4. The summed E-state index contributed by atoms with van der Waals surface area (Å²) in [7, 11) is 0. The van der Waals surface area contributed by atoms with Crippen LogP contribution in [0.3, 0.4) is 0 Å². The van der Waals surface area contributed by atoms with E-state index in [1.54, 1.807) is 36.4 Å². The fraction of sp³-hybridized carbons (Fsp3) is 0.105. The molecule has 5 nitrogen and oxygen atoms in total. The molecule has 0 radical (unpaired) electrons. The third kappa shape index (κ3) is 5.10. The monoisotopic (exact) mass is 429 g/mol. The molecule has 0 heterocycles. The van der Waals surface area contributed by atoms with Gasteiger partial charge >= 0.3 is 0 Å². The molecule has 130 valence electrons. The van der Waals surface area contributed by atoms with Gasteiger partial charge < -0.3 is 10.1 Å². The van der Waals surface area contributed by atoms with Crippen LogP contribution in [0.1, 0.15) is 11.1 Å². The average Bonchev–Trinajstić information content (AvgIpc) is 2.61. The predicted octanol–water partition coefficient (Wildman–Crippen LogP) is 4.86. The second-order valence-corrected chi connectivity index (χ2v) is 6.56. The zero-order chi connectivity index (χ0) is 19.1. The molecule has 2 aromatic carbocycles. The molecule has 1 amide bonds. The molecule has 2 aromatic rings. The number of anilines is 1. The zero-order valence-corrected chi connectivity index (χ0v) is 16.1. The van der Waals surface area contributed by atoms with Crippen molar-refractivity contribution >= 4 is 45.2 Å². The van der Waals surface area contributed by atoms with Gasteiger partial charge in [-0.1, -0.05) is 33.6 Å². The van der Waals surface area contributed by atoms with Crippen LogP contribution >= 0.6 is 27.5 Å². The average molecular weight is 431 g/mol. The maximum atomic E-state index is 12.5. The maximum Gasteiger partial charge on any atom is 0.266 e. The fourth-order valence-electron chi connectivity index (χ4n) is 2.10. The Morgan fingerprint density at radius 1 is 1.31 bits per heavy atom. The Kier molecular flexibility index (Phi) is 6.80. The Morgan fingerprint density at radius 3 is 2.77 bits per heavy atom. The molecule has 0 aliphatic carbocycles. The summed E-state index contributed by atoms with van der Waals surface area (Å²) in [6.45, 7) is 1.68. The number of nitriles is 2. The van der Waals surface area contributed by atoms with E-state index in [-0.39, 0.29) is 12.2 Å². The van der Waals surface area contributed by atoms with Crippen LogP contribution in [-0.2, 0) is 4.79 Å². The molecular weight excluding hydrogens is 418 g/mol. The molecule has 0 unspecified atom stereocenters. The van der Waals surface area contributed by atoms with E-state index >= 15 is 0 Å². The second kappa shape index (κ2) is 9.05. The highest BCUT2D eigenvalue weighted by Crippen LogP contribution is 2.26. The Bertz CT molecular complexity index is 958. The van der Waals surface area contributed by atoms with Gasteiger partial charge in [0.05, 0.1) is 0 Å². The van der Waals surface area contributed by atoms with Crippen molar-refractivity contribution in [2.75, 3.05) is 11.9 Å². The first-order valence-corrected chi connectivity index (χ1v) is 8.60. The van der Waals surface area contributed by atoms with E-state index in [9.17, 15) is 10.1 Å². The lowest BCUT2D eigenvalue weighted by Gasteiger charge is -2.10. The molecule has 0 bridgehead atoms. The Labute approximate surface area is 164 Å². The predicted molar refractivity (Wildman–Crippen MR) is 104 cm³/mol. The molecule has 0 aromatic heterocycles. The molecule has 1 N–H and O–H groups in total. The maximum absolute atomic E-state index is 12.5. The first-order chi connectivity index (χ1) is 12.4. The molecule has 7 heteroatoms. The van der Waals surface area contributed by atoms with Crippen LogP contribution in [0.15, 0.2) is 46.4 Å². The normalized spacial score (nSPS) is 10.6. The number of carbonyl (C=O) groups is 1. The molecule has 0 saturated heterocycles. The summed E-state index contributed by atoms with van der Waals surface area (Å²) < 4.78 is 6.08. The summed E-state index contributed by atoms with van der Waals surface area (Å²) in [5.41, 5.74) is 1.74. The summed E-state index contributed by atoms with van der Waals surface area (Å²) in [6, 6.07) is 14.0. The Hall–Kier alpha value is -2.80. The number of hydrogen-bond donors (Lipinski definition) is 1. The van der Waals surface area contributed by atoms with Gasteiger partial charge in [0.15, 0.2) is 6.61 Å². The minimum atomic E-state index is -0.566.